The van der Waals surface area contributed by atoms with Crippen molar-refractivity contribution in [1.82, 2.24) is 9.97 Å². The van der Waals surface area contributed by atoms with Gasteiger partial charge in [-0.3, -0.25) is 4.79 Å². The van der Waals surface area contributed by atoms with Crippen LogP contribution in [-0.4, -0.2) is 16.5 Å². The third-order valence-electron chi connectivity index (χ3n) is 2.93. The zero-order valence-electron chi connectivity index (χ0n) is 11.1. The molecule has 3 N–H and O–H groups in total. The van der Waals surface area contributed by atoms with E-state index in [2.05, 4.69) is 29.0 Å². The number of H-pyrrole nitrogens is 1. The van der Waals surface area contributed by atoms with Crippen LogP contribution in [0.3, 0.4) is 0 Å². The maximum absolute atomic E-state index is 11.6. The highest BCUT2D eigenvalue weighted by atomic mass is 16.1. The molecule has 0 atom stereocenters. The van der Waals surface area contributed by atoms with Crippen LogP contribution in [-0.2, 0) is 12.8 Å². The highest BCUT2D eigenvalue weighted by molar-refractivity contribution is 5.25. The van der Waals surface area contributed by atoms with Gasteiger partial charge in [-0.25, -0.2) is 4.98 Å². The number of benzene rings is 1. The van der Waals surface area contributed by atoms with Crippen molar-refractivity contribution >= 4 is 0 Å². The van der Waals surface area contributed by atoms with Gasteiger partial charge < -0.3 is 10.7 Å². The summed E-state index contributed by atoms with van der Waals surface area (Å²) in [4.78, 5) is 18.9. The fourth-order valence-corrected chi connectivity index (χ4v) is 2.07. The van der Waals surface area contributed by atoms with Crippen molar-refractivity contribution in [2.24, 2.45) is 5.73 Å². The van der Waals surface area contributed by atoms with Crippen LogP contribution >= 0.6 is 0 Å². The third-order valence-corrected chi connectivity index (χ3v) is 2.93. The van der Waals surface area contributed by atoms with Crippen LogP contribution < -0.4 is 11.3 Å². The van der Waals surface area contributed by atoms with Crippen LogP contribution in [0.15, 0.2) is 35.1 Å². The van der Waals surface area contributed by atoms with Crippen LogP contribution in [0.2, 0.25) is 0 Å². The molecule has 0 saturated heterocycles. The average Bonchev–Trinajstić information content (AvgIpc) is 2.35. The molecule has 19 heavy (non-hydrogen) atoms. The Kier molecular flexibility index (Phi) is 4.47. The number of nitrogens with one attached hydrogen (secondary N) is 1. The Morgan fingerprint density at radius 3 is 2.89 bits per heavy atom. The molecule has 0 spiro atoms. The predicted octanol–water partition coefficient (Wildman–Crippen LogP) is 1.56. The van der Waals surface area contributed by atoms with Gasteiger partial charge in [-0.2, -0.15) is 0 Å². The summed E-state index contributed by atoms with van der Waals surface area (Å²) in [7, 11) is 0. The molecule has 0 saturated carbocycles. The molecule has 0 aliphatic heterocycles. The number of aromatic amines is 1. The molecule has 0 fully saturated rings. The molecule has 1 heterocycles. The topological polar surface area (TPSA) is 71.8 Å². The molecule has 1 aromatic heterocycles. The van der Waals surface area contributed by atoms with Crippen molar-refractivity contribution in [2.75, 3.05) is 6.54 Å². The van der Waals surface area contributed by atoms with Crippen molar-refractivity contribution in [2.45, 2.75) is 26.2 Å². The Labute approximate surface area is 112 Å². The first-order chi connectivity index (χ1) is 9.17. The number of hydrogen-bond donors (Lipinski definition) is 2. The van der Waals surface area contributed by atoms with Crippen LogP contribution in [0.25, 0.3) is 0 Å². The van der Waals surface area contributed by atoms with Crippen LogP contribution in [0.5, 0.6) is 0 Å². The smallest absolute Gasteiger partial charge is 0.251 e. The molecule has 0 aliphatic carbocycles. The molecule has 0 unspecified atom stereocenters. The second-order valence-electron chi connectivity index (χ2n) is 4.74. The molecule has 100 valence electrons. The lowest BCUT2D eigenvalue weighted by Gasteiger charge is -2.05. The lowest BCUT2D eigenvalue weighted by atomic mass is 10.1. The van der Waals surface area contributed by atoms with Gasteiger partial charge in [-0.05, 0) is 31.9 Å². The van der Waals surface area contributed by atoms with Gasteiger partial charge in [0.05, 0.1) is 0 Å². The van der Waals surface area contributed by atoms with E-state index in [0.29, 0.717) is 18.8 Å². The quantitative estimate of drug-likeness (QED) is 0.854. The SMILES string of the molecule is Cc1cccc(Cc2nc(CCCN)cc(=O)[nH]2)c1. The monoisotopic (exact) mass is 257 g/mol. The first-order valence-corrected chi connectivity index (χ1v) is 6.52. The van der Waals surface area contributed by atoms with E-state index in [-0.39, 0.29) is 5.56 Å². The van der Waals surface area contributed by atoms with E-state index in [1.54, 1.807) is 6.07 Å². The Morgan fingerprint density at radius 1 is 1.32 bits per heavy atom. The van der Waals surface area contributed by atoms with Crippen molar-refractivity contribution in [3.8, 4) is 0 Å². The molecule has 0 amide bonds. The first-order valence-electron chi connectivity index (χ1n) is 6.52. The Bertz CT molecular complexity index is 604. The largest absolute Gasteiger partial charge is 0.330 e. The summed E-state index contributed by atoms with van der Waals surface area (Å²) in [6.45, 7) is 2.67. The van der Waals surface area contributed by atoms with E-state index >= 15 is 0 Å². The minimum atomic E-state index is -0.0929. The fourth-order valence-electron chi connectivity index (χ4n) is 2.07. The molecule has 0 bridgehead atoms. The van der Waals surface area contributed by atoms with Gasteiger partial charge >= 0.3 is 0 Å². The molecule has 1 aromatic carbocycles. The van der Waals surface area contributed by atoms with E-state index < -0.39 is 0 Å². The van der Waals surface area contributed by atoms with Gasteiger partial charge in [-0.15, -0.1) is 0 Å². The van der Waals surface area contributed by atoms with E-state index in [0.717, 1.165) is 24.1 Å². The molecular formula is C15H19N3O. The number of aromatic nitrogens is 2. The van der Waals surface area contributed by atoms with E-state index in [1.165, 1.54) is 5.56 Å². The number of rotatable bonds is 5. The van der Waals surface area contributed by atoms with Crippen molar-refractivity contribution in [3.05, 3.63) is 63.3 Å². The summed E-state index contributed by atoms with van der Waals surface area (Å²) in [6.07, 6.45) is 2.25. The van der Waals surface area contributed by atoms with E-state index in [4.69, 9.17) is 5.73 Å². The van der Waals surface area contributed by atoms with Gasteiger partial charge in [0.25, 0.3) is 5.56 Å². The van der Waals surface area contributed by atoms with E-state index in [9.17, 15) is 4.79 Å². The third kappa shape index (κ3) is 4.03. The molecule has 0 aliphatic rings. The lowest BCUT2D eigenvalue weighted by Crippen LogP contribution is -2.14. The average molecular weight is 257 g/mol. The number of hydrogen-bond acceptors (Lipinski definition) is 3. The summed E-state index contributed by atoms with van der Waals surface area (Å²) < 4.78 is 0. The second-order valence-corrected chi connectivity index (χ2v) is 4.74. The molecule has 2 rings (SSSR count). The molecule has 2 aromatic rings. The maximum atomic E-state index is 11.6. The van der Waals surface area contributed by atoms with Crippen molar-refractivity contribution < 1.29 is 0 Å². The van der Waals surface area contributed by atoms with Gasteiger partial charge in [-0.1, -0.05) is 29.8 Å². The molecule has 4 nitrogen and oxygen atoms in total. The van der Waals surface area contributed by atoms with Gasteiger partial charge in [0.2, 0.25) is 0 Å². The first kappa shape index (κ1) is 13.5. The highest BCUT2D eigenvalue weighted by Crippen LogP contribution is 2.08. The van der Waals surface area contributed by atoms with Gasteiger partial charge in [0.1, 0.15) is 5.82 Å². The summed E-state index contributed by atoms with van der Waals surface area (Å²) >= 11 is 0. The predicted molar refractivity (Wildman–Crippen MR) is 76.2 cm³/mol. The molecular weight excluding hydrogens is 238 g/mol. The van der Waals surface area contributed by atoms with Gasteiger partial charge in [0.15, 0.2) is 0 Å². The Morgan fingerprint density at radius 2 is 2.16 bits per heavy atom. The van der Waals surface area contributed by atoms with Crippen LogP contribution in [0, 0.1) is 6.92 Å². The number of nitrogens with zero attached hydrogens (tertiary/aromatic N) is 1. The van der Waals surface area contributed by atoms with Crippen LogP contribution in [0.4, 0.5) is 0 Å². The zero-order chi connectivity index (χ0) is 13.7. The lowest BCUT2D eigenvalue weighted by molar-refractivity contribution is 0.787. The summed E-state index contributed by atoms with van der Waals surface area (Å²) in [6, 6.07) is 9.76. The number of aryl methyl sites for hydroxylation is 2. The Hall–Kier alpha value is -1.94. The summed E-state index contributed by atoms with van der Waals surface area (Å²) in [5.74, 6) is 0.713. The van der Waals surface area contributed by atoms with Crippen LogP contribution in [0.1, 0.15) is 29.1 Å². The van der Waals surface area contributed by atoms with Crippen molar-refractivity contribution in [3.63, 3.8) is 0 Å². The highest BCUT2D eigenvalue weighted by Gasteiger charge is 2.03. The maximum Gasteiger partial charge on any atom is 0.251 e. The Balaban J connectivity index is 2.20. The minimum absolute atomic E-state index is 0.0929. The van der Waals surface area contributed by atoms with E-state index in [1.807, 2.05) is 12.1 Å². The van der Waals surface area contributed by atoms with Crippen molar-refractivity contribution in [1.29, 1.82) is 0 Å². The molecule has 4 heteroatoms. The number of nitrogens with two attached hydrogens (primary N) is 1. The zero-order valence-corrected chi connectivity index (χ0v) is 11.1. The summed E-state index contributed by atoms with van der Waals surface area (Å²) in [5.41, 5.74) is 8.56. The summed E-state index contributed by atoms with van der Waals surface area (Å²) in [5, 5.41) is 0. The fraction of sp³-hybridized carbons (Fsp3) is 0.333. The normalized spacial score (nSPS) is 10.6. The second kappa shape index (κ2) is 6.29. The minimum Gasteiger partial charge on any atom is -0.330 e. The standard InChI is InChI=1S/C15H19N3O/c1-11-4-2-5-12(8-11)9-14-17-13(6-3-7-16)10-15(19)18-14/h2,4-5,8,10H,3,6-7,9,16H2,1H3,(H,17,18,19). The molecule has 0 radical (unpaired) electrons. The van der Waals surface area contributed by atoms with Gasteiger partial charge in [0, 0.05) is 18.2 Å².